The molecule has 1 unspecified atom stereocenters. The van der Waals surface area contributed by atoms with Crippen LogP contribution in [0.2, 0.25) is 0 Å². The fraction of sp³-hybridized carbons (Fsp3) is 0.588. The minimum Gasteiger partial charge on any atom is -0.335 e. The maximum absolute atomic E-state index is 12.6. The van der Waals surface area contributed by atoms with E-state index < -0.39 is 0 Å². The van der Waals surface area contributed by atoms with Gasteiger partial charge in [0.1, 0.15) is 0 Å². The zero-order valence-electron chi connectivity index (χ0n) is 12.5. The van der Waals surface area contributed by atoms with E-state index in [4.69, 9.17) is 0 Å². The van der Waals surface area contributed by atoms with E-state index in [0.717, 1.165) is 32.5 Å². The molecule has 2 fully saturated rings. The van der Waals surface area contributed by atoms with Gasteiger partial charge in [0, 0.05) is 19.6 Å². The number of hydrogen-bond acceptors (Lipinski definition) is 2. The molecule has 0 saturated carbocycles. The molecule has 3 heteroatoms. The summed E-state index contributed by atoms with van der Waals surface area (Å²) in [4.78, 5) is 14.8. The Balaban J connectivity index is 1.88. The van der Waals surface area contributed by atoms with Gasteiger partial charge in [-0.05, 0) is 49.8 Å². The highest BCUT2D eigenvalue weighted by molar-refractivity contribution is 5.81. The Labute approximate surface area is 121 Å². The number of rotatable bonds is 2. The van der Waals surface area contributed by atoms with E-state index in [9.17, 15) is 4.79 Å². The largest absolute Gasteiger partial charge is 0.335 e. The van der Waals surface area contributed by atoms with Crippen LogP contribution in [0, 0.1) is 19.8 Å². The van der Waals surface area contributed by atoms with Gasteiger partial charge in [0.15, 0.2) is 0 Å². The van der Waals surface area contributed by atoms with Crippen molar-refractivity contribution in [3.8, 4) is 0 Å². The van der Waals surface area contributed by atoms with Crippen molar-refractivity contribution < 1.29 is 4.79 Å². The van der Waals surface area contributed by atoms with Gasteiger partial charge in [0.2, 0.25) is 5.91 Å². The predicted molar refractivity (Wildman–Crippen MR) is 80.6 cm³/mol. The first-order valence-corrected chi connectivity index (χ1v) is 7.76. The summed E-state index contributed by atoms with van der Waals surface area (Å²) in [6.45, 7) is 6.98. The number of nitrogens with zero attached hydrogens (tertiary/aromatic N) is 1. The second-order valence-corrected chi connectivity index (χ2v) is 6.19. The predicted octanol–water partition coefficient (Wildman–Crippen LogP) is 2.58. The lowest BCUT2D eigenvalue weighted by molar-refractivity contribution is -0.141. The van der Waals surface area contributed by atoms with E-state index in [0.29, 0.717) is 5.91 Å². The molecule has 1 aromatic rings. The van der Waals surface area contributed by atoms with Gasteiger partial charge in [0.05, 0.1) is 12.0 Å². The molecule has 3 rings (SSSR count). The van der Waals surface area contributed by atoms with Crippen LogP contribution in [0.1, 0.15) is 42.0 Å². The molecule has 1 aromatic carbocycles. The third-order valence-electron chi connectivity index (χ3n) is 4.92. The summed E-state index contributed by atoms with van der Waals surface area (Å²) >= 11 is 0. The number of hydrogen-bond donors (Lipinski definition) is 1. The Morgan fingerprint density at radius 1 is 1.25 bits per heavy atom. The lowest BCUT2D eigenvalue weighted by Gasteiger charge is -2.41. The number of piperidine rings is 1. The van der Waals surface area contributed by atoms with Crippen molar-refractivity contribution in [3.05, 3.63) is 34.9 Å². The van der Waals surface area contributed by atoms with Crippen molar-refractivity contribution in [1.29, 1.82) is 0 Å². The van der Waals surface area contributed by atoms with Crippen LogP contribution in [0.15, 0.2) is 18.2 Å². The van der Waals surface area contributed by atoms with Crippen molar-refractivity contribution in [3.63, 3.8) is 0 Å². The molecule has 0 bridgehead atoms. The Morgan fingerprint density at radius 3 is 2.75 bits per heavy atom. The van der Waals surface area contributed by atoms with Crippen LogP contribution in [0.25, 0.3) is 0 Å². The van der Waals surface area contributed by atoms with Crippen LogP contribution in [0.3, 0.4) is 0 Å². The molecule has 20 heavy (non-hydrogen) atoms. The van der Waals surface area contributed by atoms with E-state index in [1.165, 1.54) is 23.1 Å². The summed E-state index contributed by atoms with van der Waals surface area (Å²) in [5, 5.41) is 3.21. The first-order valence-electron chi connectivity index (χ1n) is 7.76. The number of aryl methyl sites for hydroxylation is 1. The number of carbonyl (C=O) groups is 1. The molecular formula is C17H24N2O. The minimum absolute atomic E-state index is 0.209. The quantitative estimate of drug-likeness (QED) is 0.897. The highest BCUT2D eigenvalue weighted by Gasteiger charge is 2.35. The Hall–Kier alpha value is -1.35. The van der Waals surface area contributed by atoms with Crippen LogP contribution in [-0.4, -0.2) is 30.4 Å². The topological polar surface area (TPSA) is 32.3 Å². The normalized spacial score (nSPS) is 23.5. The van der Waals surface area contributed by atoms with Crippen molar-refractivity contribution in [2.45, 2.75) is 39.2 Å². The molecule has 0 radical (unpaired) electrons. The zero-order chi connectivity index (χ0) is 14.1. The standard InChI is InChI=1S/C17H24N2O/c1-12-6-5-7-15(13(12)2)16-8-3-4-9-19(16)17(20)14-10-18-11-14/h5-7,14,16,18H,3-4,8-11H2,1-2H3. The van der Waals surface area contributed by atoms with Crippen LogP contribution < -0.4 is 5.32 Å². The van der Waals surface area contributed by atoms with Crippen molar-refractivity contribution in [2.75, 3.05) is 19.6 Å². The minimum atomic E-state index is 0.209. The number of carbonyl (C=O) groups excluding carboxylic acids is 1. The van der Waals surface area contributed by atoms with Gasteiger partial charge in [-0.15, -0.1) is 0 Å². The molecule has 0 spiro atoms. The summed E-state index contributed by atoms with van der Waals surface area (Å²) in [6, 6.07) is 6.78. The van der Waals surface area contributed by atoms with E-state index >= 15 is 0 Å². The Kier molecular flexibility index (Phi) is 3.79. The molecule has 2 heterocycles. The van der Waals surface area contributed by atoms with Gasteiger partial charge in [-0.2, -0.15) is 0 Å². The summed E-state index contributed by atoms with van der Waals surface area (Å²) in [5.41, 5.74) is 4.03. The van der Waals surface area contributed by atoms with Gasteiger partial charge in [-0.3, -0.25) is 4.79 Å². The number of benzene rings is 1. The first kappa shape index (κ1) is 13.6. The number of likely N-dealkylation sites (tertiary alicyclic amines) is 1. The lowest BCUT2D eigenvalue weighted by Crippen LogP contribution is -2.53. The second-order valence-electron chi connectivity index (χ2n) is 6.19. The molecule has 2 saturated heterocycles. The first-order chi connectivity index (χ1) is 9.68. The molecule has 1 N–H and O–H groups in total. The van der Waals surface area contributed by atoms with Crippen molar-refractivity contribution in [1.82, 2.24) is 10.2 Å². The van der Waals surface area contributed by atoms with E-state index in [2.05, 4.69) is 42.3 Å². The molecule has 2 aliphatic heterocycles. The molecule has 1 amide bonds. The maximum Gasteiger partial charge on any atom is 0.228 e. The molecule has 108 valence electrons. The van der Waals surface area contributed by atoms with Crippen molar-refractivity contribution in [2.24, 2.45) is 5.92 Å². The van der Waals surface area contributed by atoms with Gasteiger partial charge in [0.25, 0.3) is 0 Å². The lowest BCUT2D eigenvalue weighted by atomic mass is 9.89. The monoisotopic (exact) mass is 272 g/mol. The number of amides is 1. The SMILES string of the molecule is Cc1cccc(C2CCCCN2C(=O)C2CNC2)c1C. The maximum atomic E-state index is 12.6. The smallest absolute Gasteiger partial charge is 0.228 e. The van der Waals surface area contributed by atoms with Crippen LogP contribution >= 0.6 is 0 Å². The number of nitrogens with one attached hydrogen (secondary N) is 1. The second kappa shape index (κ2) is 5.57. The summed E-state index contributed by atoms with van der Waals surface area (Å²) in [7, 11) is 0. The van der Waals surface area contributed by atoms with Gasteiger partial charge < -0.3 is 10.2 Å². The molecular weight excluding hydrogens is 248 g/mol. The highest BCUT2D eigenvalue weighted by Crippen LogP contribution is 2.34. The molecule has 3 nitrogen and oxygen atoms in total. The molecule has 2 aliphatic rings. The van der Waals surface area contributed by atoms with Crippen LogP contribution in [0.4, 0.5) is 0 Å². The fourth-order valence-electron chi connectivity index (χ4n) is 3.35. The fourth-order valence-corrected chi connectivity index (χ4v) is 3.35. The van der Waals surface area contributed by atoms with E-state index in [1.807, 2.05) is 0 Å². The van der Waals surface area contributed by atoms with Crippen LogP contribution in [0.5, 0.6) is 0 Å². The average Bonchev–Trinajstić information content (AvgIpc) is 2.40. The third-order valence-corrected chi connectivity index (χ3v) is 4.92. The van der Waals surface area contributed by atoms with E-state index in [-0.39, 0.29) is 12.0 Å². The van der Waals surface area contributed by atoms with Gasteiger partial charge in [-0.25, -0.2) is 0 Å². The van der Waals surface area contributed by atoms with Crippen molar-refractivity contribution >= 4 is 5.91 Å². The summed E-state index contributed by atoms with van der Waals surface area (Å²) in [6.07, 6.45) is 3.48. The van der Waals surface area contributed by atoms with Crippen LogP contribution in [-0.2, 0) is 4.79 Å². The highest BCUT2D eigenvalue weighted by atomic mass is 16.2. The molecule has 0 aromatic heterocycles. The average molecular weight is 272 g/mol. The summed E-state index contributed by atoms with van der Waals surface area (Å²) < 4.78 is 0. The van der Waals surface area contributed by atoms with E-state index in [1.54, 1.807) is 0 Å². The van der Waals surface area contributed by atoms with Gasteiger partial charge >= 0.3 is 0 Å². The third kappa shape index (κ3) is 2.35. The van der Waals surface area contributed by atoms with Gasteiger partial charge in [-0.1, -0.05) is 18.2 Å². The Bertz CT molecular complexity index is 508. The molecule has 1 atom stereocenters. The zero-order valence-corrected chi connectivity index (χ0v) is 12.5. The molecule has 0 aliphatic carbocycles. The summed E-state index contributed by atoms with van der Waals surface area (Å²) in [5.74, 6) is 0.565. The Morgan fingerprint density at radius 2 is 2.05 bits per heavy atom.